The first-order valence-corrected chi connectivity index (χ1v) is 6.33. The Kier molecular flexibility index (Phi) is 4.15. The topological polar surface area (TPSA) is 68.5 Å². The molecule has 0 spiro atoms. The van der Waals surface area contributed by atoms with Gasteiger partial charge >= 0.3 is 0 Å². The van der Waals surface area contributed by atoms with E-state index in [0.29, 0.717) is 31.3 Å². The van der Waals surface area contributed by atoms with Crippen molar-refractivity contribution >= 4 is 17.4 Å². The van der Waals surface area contributed by atoms with Crippen molar-refractivity contribution < 1.29 is 9.53 Å². The van der Waals surface area contributed by atoms with E-state index in [1.807, 2.05) is 6.92 Å². The molecule has 1 aliphatic rings. The molecular weight excluding hydrogens is 230 g/mol. The molecule has 2 heterocycles. The summed E-state index contributed by atoms with van der Waals surface area (Å²) in [4.78, 5) is 18.3. The smallest absolute Gasteiger partial charge is 0.231 e. The van der Waals surface area contributed by atoms with Gasteiger partial charge in [-0.3, -0.25) is 9.69 Å². The highest BCUT2D eigenvalue weighted by molar-refractivity contribution is 5.94. The number of amides is 1. The highest BCUT2D eigenvalue weighted by Crippen LogP contribution is 2.21. The molecule has 1 aromatic heterocycles. The third-order valence-electron chi connectivity index (χ3n) is 3.20. The second-order valence-electron chi connectivity index (χ2n) is 4.42. The van der Waals surface area contributed by atoms with Crippen molar-refractivity contribution in [1.82, 2.24) is 4.98 Å². The van der Waals surface area contributed by atoms with Gasteiger partial charge in [-0.25, -0.2) is 4.98 Å². The van der Waals surface area contributed by atoms with Crippen molar-refractivity contribution in [3.63, 3.8) is 0 Å². The number of carbonyl (C=O) groups excluding carboxylic acids is 1. The van der Waals surface area contributed by atoms with Crippen LogP contribution in [0, 0.1) is 5.92 Å². The molecule has 0 saturated carbocycles. The zero-order valence-corrected chi connectivity index (χ0v) is 10.6. The van der Waals surface area contributed by atoms with Crippen LogP contribution in [0.1, 0.15) is 19.8 Å². The number of hydrogen-bond donors (Lipinski definition) is 1. The monoisotopic (exact) mass is 249 g/mol. The van der Waals surface area contributed by atoms with Crippen molar-refractivity contribution in [1.29, 1.82) is 0 Å². The molecule has 1 aromatic rings. The molecule has 1 aliphatic heterocycles. The van der Waals surface area contributed by atoms with Crippen LogP contribution in [0.2, 0.25) is 0 Å². The van der Waals surface area contributed by atoms with Crippen LogP contribution >= 0.6 is 0 Å². The van der Waals surface area contributed by atoms with Crippen molar-refractivity contribution in [2.75, 3.05) is 30.4 Å². The molecule has 0 aliphatic carbocycles. The van der Waals surface area contributed by atoms with Crippen molar-refractivity contribution in [2.24, 2.45) is 5.92 Å². The van der Waals surface area contributed by atoms with E-state index in [4.69, 9.17) is 10.5 Å². The van der Waals surface area contributed by atoms with Crippen LogP contribution in [-0.2, 0) is 9.53 Å². The molecule has 0 unspecified atom stereocenters. The molecule has 0 radical (unpaired) electrons. The fraction of sp³-hybridized carbons (Fsp3) is 0.538. The summed E-state index contributed by atoms with van der Waals surface area (Å²) in [6.45, 7) is 3.91. The normalized spacial score (nSPS) is 16.5. The third-order valence-corrected chi connectivity index (χ3v) is 3.20. The summed E-state index contributed by atoms with van der Waals surface area (Å²) < 4.78 is 5.28. The Morgan fingerprint density at radius 1 is 1.50 bits per heavy atom. The highest BCUT2D eigenvalue weighted by Gasteiger charge is 2.26. The van der Waals surface area contributed by atoms with Gasteiger partial charge in [-0.2, -0.15) is 0 Å². The SMILES string of the molecule is CCN(C(=O)C1CCOCC1)c1ccc(N)cn1. The Hall–Kier alpha value is -1.62. The van der Waals surface area contributed by atoms with E-state index >= 15 is 0 Å². The van der Waals surface area contributed by atoms with E-state index in [1.165, 1.54) is 0 Å². The van der Waals surface area contributed by atoms with E-state index in [2.05, 4.69) is 4.98 Å². The Bertz CT molecular complexity index is 399. The second-order valence-corrected chi connectivity index (χ2v) is 4.42. The molecule has 0 bridgehead atoms. The Balaban J connectivity index is 2.12. The summed E-state index contributed by atoms with van der Waals surface area (Å²) in [7, 11) is 0. The van der Waals surface area contributed by atoms with E-state index in [1.54, 1.807) is 23.2 Å². The summed E-state index contributed by atoms with van der Waals surface area (Å²) in [5.74, 6) is 0.860. The largest absolute Gasteiger partial charge is 0.397 e. The average molecular weight is 249 g/mol. The van der Waals surface area contributed by atoms with Crippen LogP contribution in [0.25, 0.3) is 0 Å². The molecule has 98 valence electrons. The first-order valence-electron chi connectivity index (χ1n) is 6.33. The highest BCUT2D eigenvalue weighted by atomic mass is 16.5. The maximum Gasteiger partial charge on any atom is 0.231 e. The lowest BCUT2D eigenvalue weighted by Crippen LogP contribution is -2.39. The van der Waals surface area contributed by atoms with Crippen molar-refractivity contribution in [3.05, 3.63) is 18.3 Å². The predicted molar refractivity (Wildman–Crippen MR) is 70.2 cm³/mol. The first-order chi connectivity index (χ1) is 8.72. The number of nitrogen functional groups attached to an aromatic ring is 1. The molecular formula is C13H19N3O2. The standard InChI is InChI=1S/C13H19N3O2/c1-2-16(12-4-3-11(14)9-15-12)13(17)10-5-7-18-8-6-10/h3-4,9-10H,2,5-8,14H2,1H3. The number of anilines is 2. The van der Waals surface area contributed by atoms with Gasteiger partial charge in [0, 0.05) is 25.7 Å². The molecule has 1 fully saturated rings. The average Bonchev–Trinajstić information content (AvgIpc) is 2.42. The van der Waals surface area contributed by atoms with Gasteiger partial charge in [-0.1, -0.05) is 0 Å². The minimum Gasteiger partial charge on any atom is -0.397 e. The maximum absolute atomic E-state index is 12.4. The van der Waals surface area contributed by atoms with Gasteiger partial charge in [0.2, 0.25) is 5.91 Å². The van der Waals surface area contributed by atoms with Crippen LogP contribution < -0.4 is 10.6 Å². The minimum atomic E-state index is 0.0538. The van der Waals surface area contributed by atoms with Gasteiger partial charge in [-0.15, -0.1) is 0 Å². The van der Waals surface area contributed by atoms with Crippen molar-refractivity contribution in [3.8, 4) is 0 Å². The van der Waals surface area contributed by atoms with E-state index in [-0.39, 0.29) is 11.8 Å². The number of hydrogen-bond acceptors (Lipinski definition) is 4. The van der Waals surface area contributed by atoms with Crippen LogP contribution in [0.4, 0.5) is 11.5 Å². The summed E-state index contributed by atoms with van der Waals surface area (Å²) in [5.41, 5.74) is 6.21. The van der Waals surface area contributed by atoms with Crippen molar-refractivity contribution in [2.45, 2.75) is 19.8 Å². The molecule has 18 heavy (non-hydrogen) atoms. The van der Waals surface area contributed by atoms with Gasteiger partial charge in [0.1, 0.15) is 5.82 Å². The minimum absolute atomic E-state index is 0.0538. The van der Waals surface area contributed by atoms with Gasteiger partial charge in [0.25, 0.3) is 0 Å². The van der Waals surface area contributed by atoms with Crippen LogP contribution in [0.15, 0.2) is 18.3 Å². The molecule has 5 heteroatoms. The molecule has 1 amide bonds. The van der Waals surface area contributed by atoms with Crippen LogP contribution in [0.3, 0.4) is 0 Å². The van der Waals surface area contributed by atoms with Gasteiger partial charge < -0.3 is 10.5 Å². The third kappa shape index (κ3) is 2.79. The number of pyridine rings is 1. The number of nitrogens with two attached hydrogens (primary N) is 1. The number of rotatable bonds is 3. The molecule has 0 atom stereocenters. The van der Waals surface area contributed by atoms with Crippen LogP contribution in [-0.4, -0.2) is 30.6 Å². The lowest BCUT2D eigenvalue weighted by Gasteiger charge is -2.27. The first kappa shape index (κ1) is 12.8. The summed E-state index contributed by atoms with van der Waals surface area (Å²) in [6, 6.07) is 3.55. The fourth-order valence-corrected chi connectivity index (χ4v) is 2.15. The zero-order valence-electron chi connectivity index (χ0n) is 10.6. The van der Waals surface area contributed by atoms with Gasteiger partial charge in [0.05, 0.1) is 11.9 Å². The predicted octanol–water partition coefficient (Wildman–Crippen LogP) is 1.44. The van der Waals surface area contributed by atoms with E-state index in [9.17, 15) is 4.79 Å². The summed E-state index contributed by atoms with van der Waals surface area (Å²) >= 11 is 0. The Labute approximate surface area is 107 Å². The number of ether oxygens (including phenoxy) is 1. The number of carbonyl (C=O) groups is 1. The number of nitrogens with zero attached hydrogens (tertiary/aromatic N) is 2. The van der Waals surface area contributed by atoms with Gasteiger partial charge in [0.15, 0.2) is 0 Å². The Morgan fingerprint density at radius 2 is 2.22 bits per heavy atom. The van der Waals surface area contributed by atoms with E-state index < -0.39 is 0 Å². The second kappa shape index (κ2) is 5.82. The molecule has 0 aromatic carbocycles. The Morgan fingerprint density at radius 3 is 2.78 bits per heavy atom. The van der Waals surface area contributed by atoms with Crippen LogP contribution in [0.5, 0.6) is 0 Å². The molecule has 5 nitrogen and oxygen atoms in total. The summed E-state index contributed by atoms with van der Waals surface area (Å²) in [5, 5.41) is 0. The van der Waals surface area contributed by atoms with Gasteiger partial charge in [-0.05, 0) is 31.9 Å². The lowest BCUT2D eigenvalue weighted by atomic mass is 9.98. The van der Waals surface area contributed by atoms with E-state index in [0.717, 1.165) is 12.8 Å². The molecule has 1 saturated heterocycles. The fourth-order valence-electron chi connectivity index (χ4n) is 2.15. The number of aromatic nitrogens is 1. The maximum atomic E-state index is 12.4. The molecule has 2 N–H and O–H groups in total. The lowest BCUT2D eigenvalue weighted by molar-refractivity contribution is -0.125. The zero-order chi connectivity index (χ0) is 13.0. The summed E-state index contributed by atoms with van der Waals surface area (Å²) in [6.07, 6.45) is 3.17. The quantitative estimate of drug-likeness (QED) is 0.880. The molecule has 2 rings (SSSR count).